The van der Waals surface area contributed by atoms with Crippen molar-refractivity contribution < 1.29 is 24.0 Å². The van der Waals surface area contributed by atoms with Crippen LogP contribution in [-0.2, 0) is 16.0 Å². The Morgan fingerprint density at radius 2 is 2.11 bits per heavy atom. The molecule has 1 aromatic carbocycles. The molecule has 0 unspecified atom stereocenters. The molecule has 0 saturated carbocycles. The second-order valence-corrected chi connectivity index (χ2v) is 7.70. The van der Waals surface area contributed by atoms with Crippen LogP contribution < -0.4 is 10.4 Å². The molecule has 8 heteroatoms. The Balaban J connectivity index is 1.51. The highest BCUT2D eigenvalue weighted by Crippen LogP contribution is 2.36. The molecule has 0 amide bonds. The highest BCUT2D eigenvalue weighted by Gasteiger charge is 2.37. The van der Waals surface area contributed by atoms with E-state index in [1.165, 1.54) is 6.92 Å². The number of likely N-dealkylation sites (tertiary alicyclic amines) is 1. The first kappa shape index (κ1) is 21.0. The third-order valence-corrected chi connectivity index (χ3v) is 5.50. The topological polar surface area (TPSA) is 102 Å². The number of nitrogens with two attached hydrogens (primary N) is 1. The fourth-order valence-electron chi connectivity index (χ4n) is 4.01. The monoisotopic (exact) mass is 388 g/mol. The van der Waals surface area contributed by atoms with Crippen LogP contribution >= 0.6 is 0 Å². The van der Waals surface area contributed by atoms with Crippen molar-refractivity contribution >= 4 is 18.7 Å². The van der Waals surface area contributed by atoms with E-state index in [0.717, 1.165) is 31.5 Å². The van der Waals surface area contributed by atoms with Gasteiger partial charge in [-0.05, 0) is 37.8 Å². The van der Waals surface area contributed by atoms with Crippen molar-refractivity contribution in [3.63, 3.8) is 0 Å². The summed E-state index contributed by atoms with van der Waals surface area (Å²) in [5.74, 6) is 0.149. The molecule has 3 rings (SSSR count). The number of carbonyl (C=O) groups is 2. The maximum Gasteiger partial charge on any atom is 0.526 e. The van der Waals surface area contributed by atoms with E-state index in [1.807, 2.05) is 12.1 Å². The standard InChI is InChI=1S/C20H29BN2O5/c1-14(24)19-4-2-3-15-11-16(21(26)28-20(15)19)12-17(25)13-23-8-5-18(6-9-23)27-10-7-22/h2-4,16,18,26H,5-13,22H2,1H3/t16-/m1/s1. The number of benzene rings is 1. The van der Waals surface area contributed by atoms with Gasteiger partial charge in [0.2, 0.25) is 0 Å². The Morgan fingerprint density at radius 1 is 1.36 bits per heavy atom. The number of fused-ring (bicyclic) bond motifs is 1. The lowest BCUT2D eigenvalue weighted by atomic mass is 9.64. The highest BCUT2D eigenvalue weighted by atomic mass is 16.5. The van der Waals surface area contributed by atoms with Crippen LogP contribution in [0.2, 0.25) is 5.82 Å². The molecule has 28 heavy (non-hydrogen) atoms. The van der Waals surface area contributed by atoms with E-state index in [4.69, 9.17) is 15.1 Å². The van der Waals surface area contributed by atoms with Gasteiger partial charge in [0.05, 0.1) is 24.8 Å². The number of ether oxygens (including phenoxy) is 1. The van der Waals surface area contributed by atoms with Crippen LogP contribution in [0.5, 0.6) is 5.75 Å². The summed E-state index contributed by atoms with van der Waals surface area (Å²) in [7, 11) is -1.08. The van der Waals surface area contributed by atoms with E-state index < -0.39 is 7.12 Å². The number of hydrogen-bond acceptors (Lipinski definition) is 7. The van der Waals surface area contributed by atoms with Crippen molar-refractivity contribution in [2.75, 3.05) is 32.8 Å². The van der Waals surface area contributed by atoms with Crippen molar-refractivity contribution in [3.05, 3.63) is 29.3 Å². The minimum absolute atomic E-state index is 0.0974. The van der Waals surface area contributed by atoms with Gasteiger partial charge in [0.15, 0.2) is 5.78 Å². The summed E-state index contributed by atoms with van der Waals surface area (Å²) in [5, 5.41) is 10.4. The number of nitrogens with zero attached hydrogens (tertiary/aromatic N) is 1. The van der Waals surface area contributed by atoms with Gasteiger partial charge >= 0.3 is 7.12 Å². The zero-order valence-corrected chi connectivity index (χ0v) is 16.4. The summed E-state index contributed by atoms with van der Waals surface area (Å²) in [6.45, 7) is 4.63. The van der Waals surface area contributed by atoms with Gasteiger partial charge in [-0.1, -0.05) is 12.1 Å². The molecule has 0 spiro atoms. The normalized spacial score (nSPS) is 20.5. The Hall–Kier alpha value is -1.74. The van der Waals surface area contributed by atoms with Crippen LogP contribution in [0.25, 0.3) is 0 Å². The Labute approximate surface area is 166 Å². The van der Waals surface area contributed by atoms with E-state index in [1.54, 1.807) is 6.07 Å². The lowest BCUT2D eigenvalue weighted by Gasteiger charge is -2.32. The molecule has 0 aromatic heterocycles. The molecule has 1 saturated heterocycles. The molecular formula is C20H29BN2O5. The number of ketones is 2. The van der Waals surface area contributed by atoms with Crippen molar-refractivity contribution in [1.82, 2.24) is 4.90 Å². The van der Waals surface area contributed by atoms with Gasteiger partial charge in [-0.2, -0.15) is 0 Å². The molecular weight excluding hydrogens is 359 g/mol. The summed E-state index contributed by atoms with van der Waals surface area (Å²) >= 11 is 0. The first-order chi connectivity index (χ1) is 13.5. The summed E-state index contributed by atoms with van der Waals surface area (Å²) in [6, 6.07) is 5.39. The van der Waals surface area contributed by atoms with Crippen LogP contribution in [0.15, 0.2) is 18.2 Å². The molecule has 7 nitrogen and oxygen atoms in total. The van der Waals surface area contributed by atoms with Crippen LogP contribution in [0.1, 0.15) is 42.1 Å². The van der Waals surface area contributed by atoms with Crippen LogP contribution in [0.4, 0.5) is 0 Å². The third-order valence-electron chi connectivity index (χ3n) is 5.50. The molecule has 2 aliphatic heterocycles. The zero-order chi connectivity index (χ0) is 20.1. The van der Waals surface area contributed by atoms with E-state index in [0.29, 0.717) is 37.4 Å². The minimum atomic E-state index is -1.08. The predicted molar refractivity (Wildman–Crippen MR) is 107 cm³/mol. The van der Waals surface area contributed by atoms with Crippen molar-refractivity contribution in [2.45, 2.75) is 44.5 Å². The van der Waals surface area contributed by atoms with Crippen LogP contribution in [0.3, 0.4) is 0 Å². The summed E-state index contributed by atoms with van der Waals surface area (Å²) < 4.78 is 11.3. The molecule has 1 atom stereocenters. The average molecular weight is 388 g/mol. The highest BCUT2D eigenvalue weighted by molar-refractivity contribution is 6.47. The number of rotatable bonds is 8. The lowest BCUT2D eigenvalue weighted by molar-refractivity contribution is -0.121. The van der Waals surface area contributed by atoms with Gasteiger partial charge in [0.1, 0.15) is 11.5 Å². The molecule has 2 aliphatic rings. The summed E-state index contributed by atoms with van der Waals surface area (Å²) in [4.78, 5) is 26.4. The van der Waals surface area contributed by atoms with E-state index in [-0.39, 0.29) is 29.9 Å². The average Bonchev–Trinajstić information content (AvgIpc) is 2.67. The molecule has 1 aromatic rings. The van der Waals surface area contributed by atoms with E-state index >= 15 is 0 Å². The van der Waals surface area contributed by atoms with Gasteiger partial charge in [0, 0.05) is 31.9 Å². The zero-order valence-electron chi connectivity index (χ0n) is 16.4. The molecule has 152 valence electrons. The second kappa shape index (κ2) is 9.65. The number of carbonyl (C=O) groups excluding carboxylic acids is 2. The SMILES string of the molecule is CC(=O)c1cccc2c1OB(O)[C@@H](CC(=O)CN1CCC(OCCN)CC1)C2. The maximum absolute atomic E-state index is 12.6. The van der Waals surface area contributed by atoms with Crippen molar-refractivity contribution in [1.29, 1.82) is 0 Å². The fourth-order valence-corrected chi connectivity index (χ4v) is 4.01. The smallest absolute Gasteiger partial charge is 0.526 e. The fraction of sp³-hybridized carbons (Fsp3) is 0.600. The van der Waals surface area contributed by atoms with Gasteiger partial charge in [-0.3, -0.25) is 14.5 Å². The van der Waals surface area contributed by atoms with Gasteiger partial charge in [0.25, 0.3) is 0 Å². The summed E-state index contributed by atoms with van der Waals surface area (Å²) in [5.41, 5.74) is 6.81. The van der Waals surface area contributed by atoms with Gasteiger partial charge in [-0.15, -0.1) is 0 Å². The van der Waals surface area contributed by atoms with Crippen LogP contribution in [-0.4, -0.2) is 67.5 Å². The Bertz CT molecular complexity index is 706. The lowest BCUT2D eigenvalue weighted by Crippen LogP contribution is -2.41. The molecule has 0 radical (unpaired) electrons. The molecule has 3 N–H and O–H groups in total. The predicted octanol–water partition coefficient (Wildman–Crippen LogP) is 1.07. The van der Waals surface area contributed by atoms with Gasteiger partial charge in [-0.25, -0.2) is 0 Å². The summed E-state index contributed by atoms with van der Waals surface area (Å²) in [6.07, 6.45) is 2.83. The quantitative estimate of drug-likeness (QED) is 0.507. The first-order valence-electron chi connectivity index (χ1n) is 10.0. The van der Waals surface area contributed by atoms with Gasteiger partial charge < -0.3 is 20.1 Å². The number of piperidine rings is 1. The molecule has 1 fully saturated rings. The Kier molecular flexibility index (Phi) is 7.23. The van der Waals surface area contributed by atoms with Crippen molar-refractivity contribution in [3.8, 4) is 5.75 Å². The first-order valence-corrected chi connectivity index (χ1v) is 10.0. The van der Waals surface area contributed by atoms with E-state index in [9.17, 15) is 14.6 Å². The largest absolute Gasteiger partial charge is 0.535 e. The Morgan fingerprint density at radius 3 is 2.79 bits per heavy atom. The molecule has 0 aliphatic carbocycles. The number of Topliss-reactive ketones (excluding diaryl/α,β-unsaturated/α-hetero) is 2. The molecule has 0 bridgehead atoms. The maximum atomic E-state index is 12.6. The number of hydrogen-bond donors (Lipinski definition) is 2. The van der Waals surface area contributed by atoms with Crippen LogP contribution in [0, 0.1) is 0 Å². The van der Waals surface area contributed by atoms with Crippen molar-refractivity contribution in [2.24, 2.45) is 5.73 Å². The number of para-hydroxylation sites is 1. The minimum Gasteiger partial charge on any atom is -0.535 e. The molecule has 2 heterocycles. The third kappa shape index (κ3) is 5.20. The second-order valence-electron chi connectivity index (χ2n) is 7.70. The van der Waals surface area contributed by atoms with E-state index in [2.05, 4.69) is 4.90 Å².